The monoisotopic (exact) mass is 427 g/mol. The van der Waals surface area contributed by atoms with E-state index in [9.17, 15) is 8.42 Å². The lowest BCUT2D eigenvalue weighted by atomic mass is 10.2. The minimum absolute atomic E-state index is 0.0844. The van der Waals surface area contributed by atoms with Crippen molar-refractivity contribution in [2.24, 2.45) is 5.14 Å². The lowest BCUT2D eigenvalue weighted by Gasteiger charge is -2.14. The molecule has 0 aliphatic carbocycles. The van der Waals surface area contributed by atoms with Crippen molar-refractivity contribution in [3.05, 3.63) is 53.9 Å². The second-order valence-corrected chi connectivity index (χ2v) is 8.51. The molecule has 2 aromatic carbocycles. The highest BCUT2D eigenvalue weighted by atomic mass is 32.2. The first kappa shape index (κ1) is 20.0. The van der Waals surface area contributed by atoms with Gasteiger partial charge in [0.15, 0.2) is 11.5 Å². The van der Waals surface area contributed by atoms with Gasteiger partial charge in [-0.05, 0) is 36.9 Å². The average molecular weight is 427 g/mol. The predicted molar refractivity (Wildman–Crippen MR) is 112 cm³/mol. The van der Waals surface area contributed by atoms with Crippen molar-refractivity contribution in [1.82, 2.24) is 24.5 Å². The Morgan fingerprint density at radius 2 is 1.83 bits per heavy atom. The topological polar surface area (TPSA) is 142 Å². The lowest BCUT2D eigenvalue weighted by Crippen LogP contribution is -2.18. The van der Waals surface area contributed by atoms with Crippen molar-refractivity contribution in [2.45, 2.75) is 18.0 Å². The van der Waals surface area contributed by atoms with Crippen LogP contribution in [0.5, 0.6) is 5.75 Å². The number of rotatable bonds is 6. The van der Waals surface area contributed by atoms with Gasteiger partial charge in [-0.15, -0.1) is 5.10 Å². The summed E-state index contributed by atoms with van der Waals surface area (Å²) in [6.07, 6.45) is 0. The number of ether oxygens (including phenoxy) is 1. The predicted octanol–water partition coefficient (Wildman–Crippen LogP) is 1.15. The SMILES string of the molecule is COc1cccc2c1nc(N)n1nc(CN(C)Cc3ccc(S(N)(=O)=O)cc3)nc21. The van der Waals surface area contributed by atoms with Crippen LogP contribution in [0.1, 0.15) is 11.4 Å². The molecule has 0 amide bonds. The summed E-state index contributed by atoms with van der Waals surface area (Å²) in [6, 6.07) is 12.0. The van der Waals surface area contributed by atoms with Gasteiger partial charge < -0.3 is 10.5 Å². The van der Waals surface area contributed by atoms with Crippen LogP contribution in [0.15, 0.2) is 47.4 Å². The third-order valence-electron chi connectivity index (χ3n) is 4.67. The second kappa shape index (κ2) is 7.52. The number of benzene rings is 2. The van der Waals surface area contributed by atoms with E-state index in [0.29, 0.717) is 35.8 Å². The fourth-order valence-electron chi connectivity index (χ4n) is 3.29. The molecule has 0 spiro atoms. The molecule has 2 heterocycles. The zero-order chi connectivity index (χ0) is 21.5. The molecule has 10 nitrogen and oxygen atoms in total. The van der Waals surface area contributed by atoms with Crippen molar-refractivity contribution in [1.29, 1.82) is 0 Å². The molecule has 30 heavy (non-hydrogen) atoms. The fourth-order valence-corrected chi connectivity index (χ4v) is 3.81. The van der Waals surface area contributed by atoms with E-state index in [-0.39, 0.29) is 10.8 Å². The molecule has 0 saturated carbocycles. The number of primary sulfonamides is 1. The number of methoxy groups -OCH3 is 1. The largest absolute Gasteiger partial charge is 0.494 e. The zero-order valence-corrected chi connectivity index (χ0v) is 17.3. The quantitative estimate of drug-likeness (QED) is 0.467. The summed E-state index contributed by atoms with van der Waals surface area (Å²) >= 11 is 0. The van der Waals surface area contributed by atoms with Gasteiger partial charge in [0.05, 0.1) is 18.6 Å². The first-order valence-electron chi connectivity index (χ1n) is 9.04. The molecule has 4 rings (SSSR count). The number of hydrogen-bond acceptors (Lipinski definition) is 8. The van der Waals surface area contributed by atoms with E-state index in [4.69, 9.17) is 15.6 Å². The van der Waals surface area contributed by atoms with Crippen LogP contribution in [0, 0.1) is 0 Å². The smallest absolute Gasteiger partial charge is 0.238 e. The van der Waals surface area contributed by atoms with E-state index in [1.54, 1.807) is 19.2 Å². The van der Waals surface area contributed by atoms with Crippen LogP contribution in [0.3, 0.4) is 0 Å². The molecular formula is C19H21N7O3S. The van der Waals surface area contributed by atoms with Gasteiger partial charge in [0.25, 0.3) is 0 Å². The van der Waals surface area contributed by atoms with E-state index in [2.05, 4.69) is 15.1 Å². The minimum atomic E-state index is -3.70. The number of sulfonamides is 1. The van der Waals surface area contributed by atoms with Crippen molar-refractivity contribution in [3.63, 3.8) is 0 Å². The Kier molecular flexibility index (Phi) is 5.02. The number of anilines is 1. The van der Waals surface area contributed by atoms with Gasteiger partial charge in [-0.2, -0.15) is 4.52 Å². The van der Waals surface area contributed by atoms with Crippen LogP contribution >= 0.6 is 0 Å². The highest BCUT2D eigenvalue weighted by molar-refractivity contribution is 7.89. The van der Waals surface area contributed by atoms with E-state index in [1.165, 1.54) is 16.6 Å². The molecule has 4 aromatic rings. The van der Waals surface area contributed by atoms with Gasteiger partial charge in [-0.25, -0.2) is 23.5 Å². The number of nitrogen functional groups attached to an aromatic ring is 1. The van der Waals surface area contributed by atoms with Gasteiger partial charge in [-0.3, -0.25) is 4.90 Å². The summed E-state index contributed by atoms with van der Waals surface area (Å²) in [5.41, 5.74) is 8.26. The molecule has 11 heteroatoms. The van der Waals surface area contributed by atoms with Crippen LogP contribution < -0.4 is 15.6 Å². The molecule has 0 unspecified atom stereocenters. The molecule has 2 aromatic heterocycles. The highest BCUT2D eigenvalue weighted by Crippen LogP contribution is 2.27. The maximum Gasteiger partial charge on any atom is 0.238 e. The van der Waals surface area contributed by atoms with Crippen LogP contribution in [0.25, 0.3) is 16.6 Å². The van der Waals surface area contributed by atoms with Crippen LogP contribution in [-0.4, -0.2) is 47.1 Å². The molecule has 156 valence electrons. The Labute approximate surface area is 173 Å². The van der Waals surface area contributed by atoms with Crippen molar-refractivity contribution in [3.8, 4) is 5.75 Å². The Bertz CT molecular complexity index is 1330. The molecule has 0 bridgehead atoms. The maximum absolute atomic E-state index is 11.4. The van der Waals surface area contributed by atoms with Crippen LogP contribution in [0.2, 0.25) is 0 Å². The Hall–Kier alpha value is -3.28. The number of fused-ring (bicyclic) bond motifs is 3. The van der Waals surface area contributed by atoms with Gasteiger partial charge in [0.1, 0.15) is 11.3 Å². The summed E-state index contributed by atoms with van der Waals surface area (Å²) in [7, 11) is -0.203. The number of aromatic nitrogens is 4. The molecule has 0 fully saturated rings. The summed E-state index contributed by atoms with van der Waals surface area (Å²) in [5.74, 6) is 1.43. The van der Waals surface area contributed by atoms with Gasteiger partial charge in [-0.1, -0.05) is 18.2 Å². The normalized spacial score (nSPS) is 12.1. The number of hydrogen-bond donors (Lipinski definition) is 2. The highest BCUT2D eigenvalue weighted by Gasteiger charge is 2.15. The van der Waals surface area contributed by atoms with Gasteiger partial charge in [0, 0.05) is 11.9 Å². The molecule has 4 N–H and O–H groups in total. The molecular weight excluding hydrogens is 406 g/mol. The number of para-hydroxylation sites is 1. The first-order chi connectivity index (χ1) is 14.3. The molecule has 0 saturated heterocycles. The minimum Gasteiger partial charge on any atom is -0.494 e. The molecule has 0 aliphatic rings. The summed E-state index contributed by atoms with van der Waals surface area (Å²) in [5, 5.41) is 10.4. The second-order valence-electron chi connectivity index (χ2n) is 6.95. The van der Waals surface area contributed by atoms with Crippen molar-refractivity contribution >= 4 is 32.5 Å². The number of nitrogens with two attached hydrogens (primary N) is 2. The summed E-state index contributed by atoms with van der Waals surface area (Å²) in [4.78, 5) is 11.1. The van der Waals surface area contributed by atoms with E-state index < -0.39 is 10.0 Å². The maximum atomic E-state index is 11.4. The number of nitrogens with zero attached hydrogens (tertiary/aromatic N) is 5. The third-order valence-corrected chi connectivity index (χ3v) is 5.60. The average Bonchev–Trinajstić information content (AvgIpc) is 3.12. The Morgan fingerprint density at radius 1 is 1.10 bits per heavy atom. The lowest BCUT2D eigenvalue weighted by molar-refractivity contribution is 0.311. The van der Waals surface area contributed by atoms with Crippen molar-refractivity contribution < 1.29 is 13.2 Å². The standard InChI is InChI=1S/C19H21N7O3S/c1-25(10-12-6-8-13(9-7-12)30(21,27)28)11-16-22-18-14-4-3-5-15(29-2)17(14)23-19(20)26(18)24-16/h3-9H,10-11H2,1-2H3,(H2,20,23)(H2,21,27,28). The van der Waals surface area contributed by atoms with E-state index >= 15 is 0 Å². The molecule has 0 atom stereocenters. The van der Waals surface area contributed by atoms with E-state index in [1.807, 2.05) is 30.1 Å². The third kappa shape index (κ3) is 3.77. The van der Waals surface area contributed by atoms with Gasteiger partial charge in [0.2, 0.25) is 16.0 Å². The summed E-state index contributed by atoms with van der Waals surface area (Å²) < 4.78 is 29.6. The zero-order valence-electron chi connectivity index (χ0n) is 16.5. The van der Waals surface area contributed by atoms with Crippen LogP contribution in [0.4, 0.5) is 5.95 Å². The van der Waals surface area contributed by atoms with Crippen molar-refractivity contribution in [2.75, 3.05) is 19.9 Å². The van der Waals surface area contributed by atoms with Gasteiger partial charge >= 0.3 is 0 Å². The summed E-state index contributed by atoms with van der Waals surface area (Å²) in [6.45, 7) is 1.03. The first-order valence-corrected chi connectivity index (χ1v) is 10.6. The Morgan fingerprint density at radius 3 is 2.50 bits per heavy atom. The van der Waals surface area contributed by atoms with E-state index in [0.717, 1.165) is 10.9 Å². The molecule has 0 radical (unpaired) electrons. The molecule has 0 aliphatic heterocycles. The Balaban J connectivity index is 1.59. The van der Waals surface area contributed by atoms with Crippen LogP contribution in [-0.2, 0) is 23.1 Å². The fraction of sp³-hybridized carbons (Fsp3) is 0.211.